The Hall–Kier alpha value is -6.00. The van der Waals surface area contributed by atoms with Gasteiger partial charge in [-0.2, -0.15) is 0 Å². The summed E-state index contributed by atoms with van der Waals surface area (Å²) in [5, 5.41) is 0. The van der Waals surface area contributed by atoms with Gasteiger partial charge >= 0.3 is 23.9 Å². The molecule has 0 aliphatic carbocycles. The molecular weight excluding hydrogens is 708 g/mol. The van der Waals surface area contributed by atoms with Crippen LogP contribution >= 0.6 is 0 Å². The van der Waals surface area contributed by atoms with Gasteiger partial charge in [0.1, 0.15) is 31.4 Å². The van der Waals surface area contributed by atoms with Gasteiger partial charge in [-0.15, -0.1) is 0 Å². The maximum Gasteiger partial charge on any atom is 0.329 e. The molecule has 1 fully saturated rings. The second-order valence-electron chi connectivity index (χ2n) is 12.7. The number of carbonyl (C=O) groups is 8. The zero-order valence-corrected chi connectivity index (χ0v) is 31.4. The summed E-state index contributed by atoms with van der Waals surface area (Å²) in [6, 6.07) is 13.6. The molecule has 1 heterocycles. The third-order valence-electron chi connectivity index (χ3n) is 8.46. The highest BCUT2D eigenvalue weighted by molar-refractivity contribution is 5.91. The quantitative estimate of drug-likeness (QED) is 0.293. The maximum absolute atomic E-state index is 13.6. The van der Waals surface area contributed by atoms with Crippen LogP contribution in [0.15, 0.2) is 48.5 Å². The molecule has 3 atom stereocenters. The fraction of sp³-hybridized carbons (Fsp3) is 0.459. The smallest absolute Gasteiger partial charge is 0.329 e. The van der Waals surface area contributed by atoms with Gasteiger partial charge in [-0.05, 0) is 36.6 Å². The van der Waals surface area contributed by atoms with Crippen molar-refractivity contribution in [2.24, 2.45) is 0 Å². The molecule has 2 aromatic carbocycles. The molecule has 3 unspecified atom stereocenters. The van der Waals surface area contributed by atoms with Crippen LogP contribution in [0.1, 0.15) is 30.5 Å². The molecular formula is C37H46N4O13. The Balaban J connectivity index is 1.84. The zero-order valence-electron chi connectivity index (χ0n) is 31.4. The zero-order chi connectivity index (χ0) is 40.1. The highest BCUT2D eigenvalue weighted by atomic mass is 16.6. The first kappa shape index (κ1) is 42.4. The van der Waals surface area contributed by atoms with Crippen LogP contribution in [0.3, 0.4) is 0 Å². The molecule has 1 aliphatic heterocycles. The molecule has 17 nitrogen and oxygen atoms in total. The van der Waals surface area contributed by atoms with Crippen LogP contribution in [-0.2, 0) is 70.1 Å². The van der Waals surface area contributed by atoms with Gasteiger partial charge in [-0.1, -0.05) is 42.5 Å². The Morgan fingerprint density at radius 1 is 0.630 bits per heavy atom. The molecule has 17 heteroatoms. The van der Waals surface area contributed by atoms with E-state index >= 15 is 0 Å². The molecule has 0 spiro atoms. The van der Waals surface area contributed by atoms with Gasteiger partial charge < -0.3 is 43.3 Å². The highest BCUT2D eigenvalue weighted by Gasteiger charge is 2.33. The number of carbonyl (C=O) groups excluding carboxylic acids is 8. The van der Waals surface area contributed by atoms with Crippen molar-refractivity contribution in [3.63, 3.8) is 0 Å². The lowest BCUT2D eigenvalue weighted by Gasteiger charge is -2.29. The van der Waals surface area contributed by atoms with Crippen molar-refractivity contribution >= 4 is 47.5 Å². The minimum absolute atomic E-state index is 0.0522. The summed E-state index contributed by atoms with van der Waals surface area (Å²) in [6.45, 7) is -0.827. The Morgan fingerprint density at radius 3 is 1.70 bits per heavy atom. The number of likely N-dealkylation sites (N-methyl/N-ethyl adjacent to an activating group) is 4. The number of benzene rings is 2. The topological polar surface area (TPSA) is 196 Å². The second-order valence-corrected chi connectivity index (χ2v) is 12.7. The highest BCUT2D eigenvalue weighted by Crippen LogP contribution is 2.22. The van der Waals surface area contributed by atoms with E-state index in [4.69, 9.17) is 23.7 Å². The summed E-state index contributed by atoms with van der Waals surface area (Å²) >= 11 is 0. The third-order valence-corrected chi connectivity index (χ3v) is 8.46. The number of esters is 4. The van der Waals surface area contributed by atoms with Crippen LogP contribution in [0.5, 0.6) is 5.75 Å². The van der Waals surface area contributed by atoms with Gasteiger partial charge in [0.25, 0.3) is 23.6 Å². The van der Waals surface area contributed by atoms with Crippen molar-refractivity contribution in [2.75, 3.05) is 68.1 Å². The van der Waals surface area contributed by atoms with Crippen LogP contribution in [0.25, 0.3) is 0 Å². The molecule has 1 aliphatic rings. The Kier molecular flexibility index (Phi) is 15.5. The van der Waals surface area contributed by atoms with Gasteiger partial charge in [-0.3, -0.25) is 33.6 Å². The number of para-hydroxylation sites is 1. The Morgan fingerprint density at radius 2 is 1.13 bits per heavy atom. The minimum atomic E-state index is -1.41. The lowest BCUT2D eigenvalue weighted by atomic mass is 9.99. The van der Waals surface area contributed by atoms with E-state index in [1.165, 1.54) is 42.0 Å². The fourth-order valence-corrected chi connectivity index (χ4v) is 5.26. The summed E-state index contributed by atoms with van der Waals surface area (Å²) in [5.41, 5.74) is 2.55. The van der Waals surface area contributed by atoms with Gasteiger partial charge in [0.2, 0.25) is 0 Å². The summed E-state index contributed by atoms with van der Waals surface area (Å²) in [7, 11) is 6.65. The molecule has 0 bridgehead atoms. The molecule has 3 rings (SSSR count). The van der Waals surface area contributed by atoms with E-state index in [1.54, 1.807) is 19.2 Å². The van der Waals surface area contributed by atoms with Crippen molar-refractivity contribution < 1.29 is 62.0 Å². The molecule has 0 saturated carbocycles. The van der Waals surface area contributed by atoms with Crippen LogP contribution in [0, 0.1) is 0 Å². The van der Waals surface area contributed by atoms with E-state index in [0.29, 0.717) is 12.0 Å². The molecule has 2 aromatic rings. The third kappa shape index (κ3) is 12.3. The summed E-state index contributed by atoms with van der Waals surface area (Å²) in [4.78, 5) is 106. The molecule has 4 amide bonds. The first-order valence-electron chi connectivity index (χ1n) is 16.9. The van der Waals surface area contributed by atoms with Crippen LogP contribution < -0.4 is 4.74 Å². The molecule has 0 aromatic heterocycles. The molecule has 54 heavy (non-hydrogen) atoms. The van der Waals surface area contributed by atoms with E-state index in [1.807, 2.05) is 36.4 Å². The number of nitrogens with zero attached hydrogens (tertiary/aromatic N) is 4. The number of hydrogen-bond acceptors (Lipinski definition) is 13. The molecule has 0 N–H and O–H groups in total. The van der Waals surface area contributed by atoms with Gasteiger partial charge in [0.05, 0.1) is 7.11 Å². The average molecular weight is 755 g/mol. The van der Waals surface area contributed by atoms with E-state index in [-0.39, 0.29) is 6.42 Å². The van der Waals surface area contributed by atoms with Gasteiger partial charge in [0, 0.05) is 41.0 Å². The predicted molar refractivity (Wildman–Crippen MR) is 188 cm³/mol. The maximum atomic E-state index is 13.6. The second kappa shape index (κ2) is 19.7. The number of hydrogen-bond donors (Lipinski definition) is 0. The lowest BCUT2D eigenvalue weighted by molar-refractivity contribution is -0.167. The van der Waals surface area contributed by atoms with Crippen molar-refractivity contribution in [3.8, 4) is 5.75 Å². The molecule has 1 saturated heterocycles. The van der Waals surface area contributed by atoms with E-state index < -0.39 is 98.6 Å². The summed E-state index contributed by atoms with van der Waals surface area (Å²) < 4.78 is 26.1. The summed E-state index contributed by atoms with van der Waals surface area (Å²) in [5.74, 6) is -6.22. The van der Waals surface area contributed by atoms with Crippen molar-refractivity contribution in [1.82, 2.24) is 19.6 Å². The van der Waals surface area contributed by atoms with E-state index in [2.05, 4.69) is 0 Å². The largest absolute Gasteiger partial charge is 0.496 e. The molecule has 292 valence electrons. The van der Waals surface area contributed by atoms with Gasteiger partial charge in [-0.25, -0.2) is 4.79 Å². The number of methoxy groups -OCH3 is 1. The normalized spacial score (nSPS) is 21.2. The number of ether oxygens (including phenoxy) is 5. The van der Waals surface area contributed by atoms with Crippen molar-refractivity contribution in [2.45, 2.75) is 44.9 Å². The first-order chi connectivity index (χ1) is 25.5. The SMILES string of the molecule is COc1ccccc1Cc1ccc(CC2C(=O)OC(C)C(=O)N(C)CC(=O)OCC(=O)N(C)CC(=O)OC(C)C(=O)N(C)CC(=O)OCC(=O)N2C)cc1. The van der Waals surface area contributed by atoms with Crippen molar-refractivity contribution in [3.05, 3.63) is 65.2 Å². The predicted octanol–water partition coefficient (Wildman–Crippen LogP) is -0.00590. The van der Waals surface area contributed by atoms with Crippen LogP contribution in [-0.4, -0.2) is 154 Å². The van der Waals surface area contributed by atoms with Gasteiger partial charge in [0.15, 0.2) is 25.4 Å². The summed E-state index contributed by atoms with van der Waals surface area (Å²) in [6.07, 6.45) is -2.25. The number of rotatable bonds is 5. The lowest BCUT2D eigenvalue weighted by Crippen LogP contribution is -2.49. The minimum Gasteiger partial charge on any atom is -0.496 e. The van der Waals surface area contributed by atoms with Crippen LogP contribution in [0.2, 0.25) is 0 Å². The number of amides is 4. The van der Waals surface area contributed by atoms with Crippen LogP contribution in [0.4, 0.5) is 0 Å². The monoisotopic (exact) mass is 754 g/mol. The first-order valence-corrected chi connectivity index (χ1v) is 16.9. The Labute approximate surface area is 313 Å². The average Bonchev–Trinajstić information content (AvgIpc) is 3.14. The fourth-order valence-electron chi connectivity index (χ4n) is 5.26. The van der Waals surface area contributed by atoms with Crippen molar-refractivity contribution in [1.29, 1.82) is 0 Å². The van der Waals surface area contributed by atoms with E-state index in [9.17, 15) is 38.4 Å². The standard InChI is InChI=1S/C37H46N4O13/c1-23-35(47)39(4)19-33(45)52-22-31(43)41(6)28(17-26-14-12-25(13-15-26)16-27-10-8-9-11-29(27)50-7)37(49)54-24(2)36(48)40(5)18-32(44)51-21-30(42)38(3)20-34(46)53-23/h8-15,23-24,28H,16-22H2,1-7H3. The van der Waals surface area contributed by atoms with E-state index in [0.717, 1.165) is 36.5 Å². The number of cyclic esters (lactones) is 4. The Bertz CT molecular complexity index is 1710. The molecule has 0 radical (unpaired) electrons.